The average Bonchev–Trinajstić information content (AvgIpc) is 3.65. The number of nitrogens with one attached hydrogen (secondary N) is 1. The number of carbonyl (C=O) groups excluding carboxylic acids is 2. The Kier molecular flexibility index (Phi) is 7.34. The van der Waals surface area contributed by atoms with Gasteiger partial charge in [0.25, 0.3) is 11.8 Å². The number of aromatic nitrogens is 4. The van der Waals surface area contributed by atoms with E-state index in [4.69, 9.17) is 4.98 Å². The van der Waals surface area contributed by atoms with E-state index in [1.165, 1.54) is 11.3 Å². The molecule has 0 bridgehead atoms. The van der Waals surface area contributed by atoms with Crippen LogP contribution in [0.15, 0.2) is 110 Å². The van der Waals surface area contributed by atoms with Gasteiger partial charge in [-0.15, -0.1) is 11.3 Å². The molecule has 0 saturated carbocycles. The highest BCUT2D eigenvalue weighted by atomic mass is 32.1. The van der Waals surface area contributed by atoms with Crippen molar-refractivity contribution in [2.45, 2.75) is 13.0 Å². The molecule has 4 heterocycles. The lowest BCUT2D eigenvalue weighted by Crippen LogP contribution is -2.26. The highest BCUT2D eigenvalue weighted by molar-refractivity contribution is 7.17. The fourth-order valence-electron chi connectivity index (χ4n) is 4.61. The fourth-order valence-corrected chi connectivity index (χ4v) is 5.51. The molecule has 202 valence electrons. The summed E-state index contributed by atoms with van der Waals surface area (Å²) in [6.07, 6.45) is 5.90. The zero-order valence-corrected chi connectivity index (χ0v) is 23.1. The van der Waals surface area contributed by atoms with Gasteiger partial charge in [-0.2, -0.15) is 0 Å². The molecule has 2 aromatic carbocycles. The molecule has 6 rings (SSSR count). The number of amides is 2. The lowest BCUT2D eigenvalue weighted by Gasteiger charge is -2.17. The third-order valence-electron chi connectivity index (χ3n) is 6.78. The van der Waals surface area contributed by atoms with E-state index in [2.05, 4.69) is 15.3 Å². The number of nitrogens with zero attached hydrogens (tertiary/aromatic N) is 5. The average molecular weight is 559 g/mol. The third-order valence-corrected chi connectivity index (χ3v) is 7.92. The van der Waals surface area contributed by atoms with Crippen LogP contribution in [0.3, 0.4) is 0 Å². The predicted molar refractivity (Wildman–Crippen MR) is 162 cm³/mol. The number of rotatable bonds is 8. The number of fused-ring (bicyclic) bond motifs is 1. The second-order valence-electron chi connectivity index (χ2n) is 9.42. The maximum atomic E-state index is 13.4. The van der Waals surface area contributed by atoms with Crippen LogP contribution in [0.5, 0.6) is 0 Å². The van der Waals surface area contributed by atoms with Crippen LogP contribution >= 0.6 is 11.3 Å². The van der Waals surface area contributed by atoms with E-state index in [9.17, 15) is 9.59 Å². The lowest BCUT2D eigenvalue weighted by molar-refractivity contribution is 0.0991. The monoisotopic (exact) mass is 558 g/mol. The maximum Gasteiger partial charge on any atom is 0.268 e. The van der Waals surface area contributed by atoms with Crippen LogP contribution in [-0.4, -0.2) is 38.4 Å². The molecule has 0 aliphatic heterocycles. The molecular weight excluding hydrogens is 532 g/mol. The van der Waals surface area contributed by atoms with Crippen molar-refractivity contribution < 1.29 is 9.59 Å². The molecule has 9 heteroatoms. The fraction of sp³-hybridized carbons (Fsp3) is 0.0938. The van der Waals surface area contributed by atoms with E-state index in [0.717, 1.165) is 21.7 Å². The molecule has 0 spiro atoms. The molecule has 6 aromatic rings. The summed E-state index contributed by atoms with van der Waals surface area (Å²) in [7, 11) is 1.74. The van der Waals surface area contributed by atoms with Crippen molar-refractivity contribution in [2.75, 3.05) is 17.3 Å². The molecule has 0 saturated heterocycles. The zero-order valence-electron chi connectivity index (χ0n) is 22.3. The van der Waals surface area contributed by atoms with Gasteiger partial charge < -0.3 is 9.47 Å². The number of pyridine rings is 2. The number of benzene rings is 2. The van der Waals surface area contributed by atoms with E-state index in [1.807, 2.05) is 83.4 Å². The number of imidazole rings is 1. The molecule has 1 N–H and O–H groups in total. The van der Waals surface area contributed by atoms with Crippen molar-refractivity contribution in [3.8, 4) is 10.4 Å². The summed E-state index contributed by atoms with van der Waals surface area (Å²) in [5.41, 5.74) is 4.79. The Bertz CT molecular complexity index is 1820. The minimum Gasteiger partial charge on any atom is -0.311 e. The maximum absolute atomic E-state index is 13.4. The Morgan fingerprint density at radius 2 is 1.71 bits per heavy atom. The van der Waals surface area contributed by atoms with Gasteiger partial charge in [-0.3, -0.25) is 24.9 Å². The standard InChI is InChI=1S/C32H26N6O2S/c1-37(31(40)23-7-3-2-4-8-23)25-10-11-27-26(21-25)35-32(38(27)20-16-24-9-5-6-17-34-24)36-30(39)29-13-12-28(41-29)22-14-18-33-19-15-22/h2-15,17-19,21H,16,20H2,1H3,(H,35,36,39). The van der Waals surface area contributed by atoms with Crippen molar-refractivity contribution in [2.24, 2.45) is 0 Å². The summed E-state index contributed by atoms with van der Waals surface area (Å²) >= 11 is 1.41. The van der Waals surface area contributed by atoms with Gasteiger partial charge in [0.1, 0.15) is 0 Å². The molecule has 4 aromatic heterocycles. The van der Waals surface area contributed by atoms with Gasteiger partial charge in [0.05, 0.1) is 15.9 Å². The summed E-state index contributed by atoms with van der Waals surface area (Å²) < 4.78 is 1.99. The van der Waals surface area contributed by atoms with Crippen LogP contribution in [0.25, 0.3) is 21.5 Å². The van der Waals surface area contributed by atoms with Crippen LogP contribution in [0, 0.1) is 0 Å². The van der Waals surface area contributed by atoms with E-state index in [0.29, 0.717) is 40.6 Å². The second kappa shape index (κ2) is 11.5. The Hall–Kier alpha value is -5.15. The second-order valence-corrected chi connectivity index (χ2v) is 10.5. The van der Waals surface area contributed by atoms with Gasteiger partial charge in [0.2, 0.25) is 5.95 Å². The van der Waals surface area contributed by atoms with E-state index in [-0.39, 0.29) is 11.8 Å². The number of aryl methyl sites for hydroxylation is 2. The number of hydrogen-bond acceptors (Lipinski definition) is 6. The van der Waals surface area contributed by atoms with Crippen LogP contribution in [0.2, 0.25) is 0 Å². The van der Waals surface area contributed by atoms with Crippen LogP contribution in [-0.2, 0) is 13.0 Å². The molecule has 0 aliphatic rings. The molecule has 2 amide bonds. The third kappa shape index (κ3) is 5.61. The molecular formula is C32H26N6O2S. The van der Waals surface area contributed by atoms with Crippen molar-refractivity contribution >= 4 is 45.8 Å². The van der Waals surface area contributed by atoms with Gasteiger partial charge in [-0.1, -0.05) is 24.3 Å². The summed E-state index contributed by atoms with van der Waals surface area (Å²) in [5.74, 6) is 0.0889. The quantitative estimate of drug-likeness (QED) is 0.236. The van der Waals surface area contributed by atoms with Crippen molar-refractivity contribution in [3.63, 3.8) is 0 Å². The number of thiophene rings is 1. The highest BCUT2D eigenvalue weighted by Crippen LogP contribution is 2.30. The zero-order chi connectivity index (χ0) is 28.2. The Morgan fingerprint density at radius 1 is 0.902 bits per heavy atom. The van der Waals surface area contributed by atoms with Gasteiger partial charge in [0, 0.05) is 60.4 Å². The highest BCUT2D eigenvalue weighted by Gasteiger charge is 2.19. The van der Waals surface area contributed by atoms with E-state index in [1.54, 1.807) is 42.7 Å². The minimum absolute atomic E-state index is 0.115. The first-order valence-electron chi connectivity index (χ1n) is 13.1. The summed E-state index contributed by atoms with van der Waals surface area (Å²) in [6.45, 7) is 0.563. The molecule has 0 atom stereocenters. The summed E-state index contributed by atoms with van der Waals surface area (Å²) in [5, 5.41) is 3.02. The lowest BCUT2D eigenvalue weighted by atomic mass is 10.2. The topological polar surface area (TPSA) is 93.0 Å². The Morgan fingerprint density at radius 3 is 2.49 bits per heavy atom. The minimum atomic E-state index is -0.235. The van der Waals surface area contributed by atoms with Crippen molar-refractivity contribution in [3.05, 3.63) is 126 Å². The predicted octanol–water partition coefficient (Wildman–Crippen LogP) is 6.33. The summed E-state index contributed by atoms with van der Waals surface area (Å²) in [6, 6.07) is 28.3. The number of carbonyl (C=O) groups is 2. The molecule has 8 nitrogen and oxygen atoms in total. The van der Waals surface area contributed by atoms with Gasteiger partial charge in [0.15, 0.2) is 0 Å². The summed E-state index contributed by atoms with van der Waals surface area (Å²) in [4.78, 5) is 42.9. The van der Waals surface area contributed by atoms with Gasteiger partial charge >= 0.3 is 0 Å². The first-order valence-corrected chi connectivity index (χ1v) is 13.9. The molecule has 41 heavy (non-hydrogen) atoms. The van der Waals surface area contributed by atoms with Crippen molar-refractivity contribution in [1.29, 1.82) is 0 Å². The normalized spacial score (nSPS) is 11.0. The van der Waals surface area contributed by atoms with Crippen molar-refractivity contribution in [1.82, 2.24) is 19.5 Å². The van der Waals surface area contributed by atoms with E-state index < -0.39 is 0 Å². The molecule has 0 aliphatic carbocycles. The molecule has 0 radical (unpaired) electrons. The Balaban J connectivity index is 1.31. The SMILES string of the molecule is CN(C(=O)c1ccccc1)c1ccc2c(c1)nc(NC(=O)c1ccc(-c3ccncc3)s1)n2CCc1ccccn1. The number of hydrogen-bond donors (Lipinski definition) is 1. The van der Waals surface area contributed by atoms with Gasteiger partial charge in [-0.05, 0) is 72.3 Å². The van der Waals surface area contributed by atoms with Crippen LogP contribution in [0.1, 0.15) is 25.7 Å². The van der Waals surface area contributed by atoms with Gasteiger partial charge in [-0.25, -0.2) is 4.98 Å². The van der Waals surface area contributed by atoms with Crippen LogP contribution in [0.4, 0.5) is 11.6 Å². The largest absolute Gasteiger partial charge is 0.311 e. The number of anilines is 2. The first kappa shape index (κ1) is 26.1. The van der Waals surface area contributed by atoms with E-state index >= 15 is 0 Å². The molecule has 0 unspecified atom stereocenters. The Labute approximate surface area is 241 Å². The van der Waals surface area contributed by atoms with Crippen LogP contribution < -0.4 is 10.2 Å². The smallest absolute Gasteiger partial charge is 0.268 e. The first-order chi connectivity index (χ1) is 20.1. The molecule has 0 fully saturated rings.